The maximum atomic E-state index is 11.5. The molecule has 0 radical (unpaired) electrons. The van der Waals surface area contributed by atoms with Gasteiger partial charge >= 0.3 is 7.82 Å². The first-order chi connectivity index (χ1) is 6.00. The largest absolute Gasteiger partial charge is 0.482 e. The molecule has 2 bridgehead atoms. The molecule has 0 aliphatic carbocycles. The van der Waals surface area contributed by atoms with Gasteiger partial charge in [-0.1, -0.05) is 0 Å². The highest BCUT2D eigenvalue weighted by molar-refractivity contribution is 7.50. The fraction of sp³-hybridized carbons (Fsp3) is 1.00. The summed E-state index contributed by atoms with van der Waals surface area (Å²) in [5, 5.41) is 0. The van der Waals surface area contributed by atoms with E-state index in [0.717, 1.165) is 19.4 Å². The molecule has 4 aliphatic rings. The van der Waals surface area contributed by atoms with E-state index in [0.29, 0.717) is 0 Å². The van der Waals surface area contributed by atoms with Crippen LogP contribution in [0.25, 0.3) is 0 Å². The van der Waals surface area contributed by atoms with Crippen molar-refractivity contribution in [1.82, 2.24) is 4.90 Å². The SMILES string of the molecule is CN1CCCC23OP(=O)(O2)OC13C. The average molecular weight is 205 g/mol. The summed E-state index contributed by atoms with van der Waals surface area (Å²) in [6.45, 7) is 2.80. The van der Waals surface area contributed by atoms with E-state index < -0.39 is 19.3 Å². The van der Waals surface area contributed by atoms with Gasteiger partial charge in [-0.05, 0) is 20.4 Å². The van der Waals surface area contributed by atoms with Crippen LogP contribution in [-0.4, -0.2) is 30.0 Å². The van der Waals surface area contributed by atoms with Crippen LogP contribution in [0, 0.1) is 0 Å². The van der Waals surface area contributed by atoms with Crippen molar-refractivity contribution in [2.24, 2.45) is 0 Å². The number of hydrogen-bond donors (Lipinski definition) is 0. The zero-order chi connectivity index (χ0) is 9.32. The number of likely N-dealkylation sites (tertiary alicyclic amines) is 1. The van der Waals surface area contributed by atoms with Gasteiger partial charge in [0.15, 0.2) is 5.72 Å². The van der Waals surface area contributed by atoms with Crippen molar-refractivity contribution < 1.29 is 18.1 Å². The molecule has 0 aromatic rings. The standard InChI is InChI=1S/C7H12NO4P/c1-6-7(4-3-5-8(6)2)11-13(9,10-6)12-7/h3-5H2,1-2H3. The molecular formula is C7H12NO4P. The van der Waals surface area contributed by atoms with Crippen molar-refractivity contribution in [3.8, 4) is 0 Å². The van der Waals surface area contributed by atoms with E-state index in [1.807, 2.05) is 18.9 Å². The zero-order valence-electron chi connectivity index (χ0n) is 7.65. The number of phosphoric acid groups is 1. The van der Waals surface area contributed by atoms with Crippen molar-refractivity contribution in [1.29, 1.82) is 0 Å². The first-order valence-corrected chi connectivity index (χ1v) is 5.89. The smallest absolute Gasteiger partial charge is 0.274 e. The van der Waals surface area contributed by atoms with Gasteiger partial charge < -0.3 is 0 Å². The topological polar surface area (TPSA) is 48.0 Å². The summed E-state index contributed by atoms with van der Waals surface area (Å²) in [5.41, 5.74) is -0.652. The van der Waals surface area contributed by atoms with Gasteiger partial charge in [0.25, 0.3) is 0 Å². The predicted octanol–water partition coefficient (Wildman–Crippen LogP) is 1.31. The van der Waals surface area contributed by atoms with Crippen LogP contribution in [0.1, 0.15) is 19.8 Å². The number of hydrogen-bond acceptors (Lipinski definition) is 5. The molecule has 13 heavy (non-hydrogen) atoms. The molecule has 4 heterocycles. The Morgan fingerprint density at radius 2 is 2.08 bits per heavy atom. The fourth-order valence-electron chi connectivity index (χ4n) is 2.31. The van der Waals surface area contributed by atoms with Crippen LogP contribution in [0.5, 0.6) is 0 Å². The molecule has 4 rings (SSSR count). The van der Waals surface area contributed by atoms with E-state index in [1.165, 1.54) is 0 Å². The molecule has 0 amide bonds. The molecule has 1 atom stereocenters. The van der Waals surface area contributed by atoms with Gasteiger partial charge in [0.2, 0.25) is 5.79 Å². The van der Waals surface area contributed by atoms with Crippen LogP contribution in [0.4, 0.5) is 0 Å². The molecule has 4 saturated heterocycles. The van der Waals surface area contributed by atoms with Gasteiger partial charge in [-0.15, -0.1) is 0 Å². The molecule has 74 valence electrons. The normalized spacial score (nSPS) is 60.2. The van der Waals surface area contributed by atoms with E-state index in [2.05, 4.69) is 0 Å². The highest BCUT2D eigenvalue weighted by atomic mass is 31.2. The Morgan fingerprint density at radius 3 is 2.69 bits per heavy atom. The minimum absolute atomic E-state index is 0.652. The van der Waals surface area contributed by atoms with E-state index in [4.69, 9.17) is 13.6 Å². The highest BCUT2D eigenvalue weighted by Gasteiger charge is 2.79. The fourth-order valence-corrected chi connectivity index (χ4v) is 4.35. The van der Waals surface area contributed by atoms with E-state index in [9.17, 15) is 4.57 Å². The van der Waals surface area contributed by atoms with E-state index >= 15 is 0 Å². The first kappa shape index (κ1) is 8.38. The molecule has 4 aliphatic heterocycles. The number of nitrogens with zero attached hydrogens (tertiary/aromatic N) is 1. The summed E-state index contributed by atoms with van der Waals surface area (Å²) >= 11 is 0. The van der Waals surface area contributed by atoms with Crippen molar-refractivity contribution in [2.75, 3.05) is 13.6 Å². The Bertz CT molecular complexity index is 310. The number of likely N-dealkylation sites (N-methyl/N-ethyl adjacent to an activating group) is 1. The third-order valence-electron chi connectivity index (χ3n) is 3.24. The Kier molecular flexibility index (Phi) is 1.30. The minimum atomic E-state index is -3.16. The molecule has 5 nitrogen and oxygen atoms in total. The van der Waals surface area contributed by atoms with Crippen LogP contribution in [0.3, 0.4) is 0 Å². The van der Waals surface area contributed by atoms with Crippen LogP contribution in [-0.2, 0) is 18.1 Å². The Balaban J connectivity index is 2.06. The van der Waals surface area contributed by atoms with Crippen molar-refractivity contribution in [3.05, 3.63) is 0 Å². The predicted molar refractivity (Wildman–Crippen MR) is 43.9 cm³/mol. The average Bonchev–Trinajstić information content (AvgIpc) is 2.32. The number of phosphoric ester groups is 1. The molecular weight excluding hydrogens is 193 g/mol. The zero-order valence-corrected chi connectivity index (χ0v) is 8.54. The highest BCUT2D eigenvalue weighted by Crippen LogP contribution is 2.79. The van der Waals surface area contributed by atoms with E-state index in [-0.39, 0.29) is 0 Å². The maximum absolute atomic E-state index is 11.5. The van der Waals surface area contributed by atoms with Crippen molar-refractivity contribution in [2.45, 2.75) is 31.3 Å². The molecule has 4 fully saturated rings. The Hall–Kier alpha value is 0.0700. The van der Waals surface area contributed by atoms with Crippen LogP contribution < -0.4 is 0 Å². The molecule has 1 unspecified atom stereocenters. The van der Waals surface area contributed by atoms with Gasteiger partial charge in [-0.25, -0.2) is 13.6 Å². The molecule has 6 heteroatoms. The van der Waals surface area contributed by atoms with Crippen molar-refractivity contribution in [3.63, 3.8) is 0 Å². The van der Waals surface area contributed by atoms with Crippen LogP contribution in [0.15, 0.2) is 0 Å². The number of piperidine rings is 1. The summed E-state index contributed by atoms with van der Waals surface area (Å²) in [6, 6.07) is 0. The van der Waals surface area contributed by atoms with Gasteiger partial charge in [-0.3, -0.25) is 9.42 Å². The second kappa shape index (κ2) is 2.02. The maximum Gasteiger partial charge on any atom is 0.482 e. The molecule has 0 aromatic heterocycles. The third kappa shape index (κ3) is 0.762. The summed E-state index contributed by atoms with van der Waals surface area (Å²) in [7, 11) is -1.23. The second-order valence-corrected chi connectivity index (χ2v) is 5.42. The quantitative estimate of drug-likeness (QED) is 0.558. The van der Waals surface area contributed by atoms with Gasteiger partial charge in [0.1, 0.15) is 0 Å². The molecule has 0 N–H and O–H groups in total. The minimum Gasteiger partial charge on any atom is -0.274 e. The summed E-state index contributed by atoms with van der Waals surface area (Å²) < 4.78 is 27.4. The monoisotopic (exact) mass is 205 g/mol. The van der Waals surface area contributed by atoms with Crippen LogP contribution in [0.2, 0.25) is 0 Å². The van der Waals surface area contributed by atoms with Gasteiger partial charge in [0.05, 0.1) is 0 Å². The first-order valence-electron chi connectivity index (χ1n) is 4.43. The summed E-state index contributed by atoms with van der Waals surface area (Å²) in [5.74, 6) is -0.754. The third-order valence-corrected chi connectivity index (χ3v) is 4.86. The van der Waals surface area contributed by atoms with E-state index in [1.54, 1.807) is 0 Å². The van der Waals surface area contributed by atoms with Crippen molar-refractivity contribution >= 4 is 7.82 Å². The lowest BCUT2D eigenvalue weighted by atomic mass is 9.93. The number of rotatable bonds is 0. The summed E-state index contributed by atoms with van der Waals surface area (Å²) in [4.78, 5) is 2.00. The van der Waals surface area contributed by atoms with Gasteiger partial charge in [-0.2, -0.15) is 0 Å². The molecule has 0 aromatic carbocycles. The lowest BCUT2D eigenvalue weighted by Crippen LogP contribution is -2.63. The molecule has 0 saturated carbocycles. The van der Waals surface area contributed by atoms with Crippen LogP contribution >= 0.6 is 7.82 Å². The Labute approximate surface area is 76.6 Å². The lowest BCUT2D eigenvalue weighted by Gasteiger charge is -2.47. The summed E-state index contributed by atoms with van der Waals surface area (Å²) in [6.07, 6.45) is 1.74. The van der Waals surface area contributed by atoms with Gasteiger partial charge in [0, 0.05) is 13.0 Å². The molecule has 1 spiro atoms. The Morgan fingerprint density at radius 1 is 1.38 bits per heavy atom. The second-order valence-electron chi connectivity index (χ2n) is 3.98. The lowest BCUT2D eigenvalue weighted by molar-refractivity contribution is -0.265.